The normalized spacial score (nSPS) is 17.9. The van der Waals surface area contributed by atoms with Crippen LogP contribution in [-0.4, -0.2) is 51.9 Å². The lowest BCUT2D eigenvalue weighted by molar-refractivity contribution is -0.116. The number of carbonyl (C=O) groups excluding carboxylic acids is 1. The van der Waals surface area contributed by atoms with Crippen LogP contribution in [0.1, 0.15) is 31.7 Å². The summed E-state index contributed by atoms with van der Waals surface area (Å²) in [6.45, 7) is 5.67. The van der Waals surface area contributed by atoms with Gasteiger partial charge in [-0.05, 0) is 78.9 Å². The molecule has 0 radical (unpaired) electrons. The van der Waals surface area contributed by atoms with Crippen molar-refractivity contribution in [2.75, 3.05) is 37.6 Å². The number of carbonyl (C=O) groups is 1. The van der Waals surface area contributed by atoms with Gasteiger partial charge in [0.2, 0.25) is 15.9 Å². The number of amides is 1. The molecule has 25 heavy (non-hydrogen) atoms. The van der Waals surface area contributed by atoms with Gasteiger partial charge in [-0.1, -0.05) is 0 Å². The number of hydrogen-bond donors (Lipinski definition) is 1. The summed E-state index contributed by atoms with van der Waals surface area (Å²) >= 11 is 3.37. The molecule has 1 fully saturated rings. The van der Waals surface area contributed by atoms with Crippen molar-refractivity contribution in [3.63, 3.8) is 0 Å². The van der Waals surface area contributed by atoms with Crippen molar-refractivity contribution in [2.24, 2.45) is 0 Å². The topological polar surface area (TPSA) is 69.7 Å². The fourth-order valence-electron chi connectivity index (χ4n) is 3.51. The molecule has 1 aromatic rings. The Kier molecular flexibility index (Phi) is 5.82. The summed E-state index contributed by atoms with van der Waals surface area (Å²) < 4.78 is 28.6. The Balaban J connectivity index is 1.69. The van der Waals surface area contributed by atoms with Gasteiger partial charge >= 0.3 is 0 Å². The number of rotatable bonds is 6. The van der Waals surface area contributed by atoms with Crippen LogP contribution in [0.15, 0.2) is 21.5 Å². The van der Waals surface area contributed by atoms with Crippen molar-refractivity contribution in [3.05, 3.63) is 22.2 Å². The summed E-state index contributed by atoms with van der Waals surface area (Å²) in [5, 5.41) is 0. The molecule has 1 aromatic carbocycles. The first kappa shape index (κ1) is 18.8. The van der Waals surface area contributed by atoms with Crippen molar-refractivity contribution in [3.8, 4) is 0 Å². The molecule has 2 aliphatic rings. The molecule has 0 aromatic heterocycles. The number of anilines is 1. The molecule has 0 spiro atoms. The minimum atomic E-state index is -3.61. The monoisotopic (exact) mass is 429 g/mol. The number of benzene rings is 1. The summed E-state index contributed by atoms with van der Waals surface area (Å²) in [5.41, 5.74) is 1.70. The first-order valence-electron chi connectivity index (χ1n) is 8.71. The SMILES string of the molecule is CC(=O)N1CCc2cc(Br)c(S(=O)(=O)NCCCN3CCCC3)cc21. The van der Waals surface area contributed by atoms with Gasteiger partial charge < -0.3 is 9.80 Å². The molecule has 138 valence electrons. The van der Waals surface area contributed by atoms with Crippen LogP contribution in [0.25, 0.3) is 0 Å². The zero-order chi connectivity index (χ0) is 18.0. The van der Waals surface area contributed by atoms with E-state index in [1.165, 1.54) is 19.8 Å². The van der Waals surface area contributed by atoms with Gasteiger partial charge in [-0.2, -0.15) is 0 Å². The second-order valence-electron chi connectivity index (χ2n) is 6.63. The van der Waals surface area contributed by atoms with Crippen LogP contribution in [0.2, 0.25) is 0 Å². The molecule has 0 bridgehead atoms. The lowest BCUT2D eigenvalue weighted by atomic mass is 10.2. The van der Waals surface area contributed by atoms with Crippen LogP contribution in [-0.2, 0) is 21.2 Å². The van der Waals surface area contributed by atoms with Crippen molar-refractivity contribution in [2.45, 2.75) is 37.5 Å². The van der Waals surface area contributed by atoms with Crippen molar-refractivity contribution >= 4 is 37.5 Å². The maximum absolute atomic E-state index is 12.7. The van der Waals surface area contributed by atoms with Crippen LogP contribution >= 0.6 is 15.9 Å². The third-order valence-corrected chi connectivity index (χ3v) is 7.26. The van der Waals surface area contributed by atoms with Gasteiger partial charge in [0.05, 0.1) is 4.90 Å². The molecule has 0 atom stereocenters. The number of sulfonamides is 1. The number of halogens is 1. The molecule has 1 N–H and O–H groups in total. The van der Waals surface area contributed by atoms with Crippen LogP contribution in [0, 0.1) is 0 Å². The molecule has 8 heteroatoms. The second kappa shape index (κ2) is 7.73. The van der Waals surface area contributed by atoms with Crippen molar-refractivity contribution < 1.29 is 13.2 Å². The van der Waals surface area contributed by atoms with E-state index >= 15 is 0 Å². The molecule has 0 aliphatic carbocycles. The van der Waals surface area contributed by atoms with Crippen LogP contribution in [0.3, 0.4) is 0 Å². The zero-order valence-electron chi connectivity index (χ0n) is 14.4. The predicted molar refractivity (Wildman–Crippen MR) is 101 cm³/mol. The van der Waals surface area contributed by atoms with Gasteiger partial charge in [-0.15, -0.1) is 0 Å². The Morgan fingerprint density at radius 3 is 2.64 bits per heavy atom. The second-order valence-corrected chi connectivity index (χ2v) is 9.22. The molecular weight excluding hydrogens is 406 g/mol. The van der Waals surface area contributed by atoms with Gasteiger partial charge in [0.15, 0.2) is 0 Å². The predicted octanol–water partition coefficient (Wildman–Crippen LogP) is 2.12. The first-order chi connectivity index (χ1) is 11.9. The third kappa shape index (κ3) is 4.24. The van der Waals surface area contributed by atoms with E-state index in [-0.39, 0.29) is 10.8 Å². The number of likely N-dealkylation sites (tertiary alicyclic amines) is 1. The van der Waals surface area contributed by atoms with E-state index in [4.69, 9.17) is 0 Å². The molecule has 0 unspecified atom stereocenters. The Morgan fingerprint density at radius 1 is 1.24 bits per heavy atom. The highest BCUT2D eigenvalue weighted by Crippen LogP contribution is 2.35. The minimum absolute atomic E-state index is 0.0667. The van der Waals surface area contributed by atoms with Gasteiger partial charge in [-0.25, -0.2) is 13.1 Å². The zero-order valence-corrected chi connectivity index (χ0v) is 16.8. The molecule has 2 aliphatic heterocycles. The molecule has 1 amide bonds. The Hall–Kier alpha value is -0.960. The summed E-state index contributed by atoms with van der Waals surface area (Å²) in [4.78, 5) is 15.9. The Bertz CT molecular complexity index is 761. The number of nitrogens with one attached hydrogen (secondary N) is 1. The highest BCUT2D eigenvalue weighted by Gasteiger charge is 2.27. The average molecular weight is 430 g/mol. The summed E-state index contributed by atoms with van der Waals surface area (Å²) in [6.07, 6.45) is 4.01. The fraction of sp³-hybridized carbons (Fsp3) is 0.588. The molecule has 0 saturated carbocycles. The van der Waals surface area contributed by atoms with E-state index in [0.717, 1.165) is 38.0 Å². The number of hydrogen-bond acceptors (Lipinski definition) is 4. The quantitative estimate of drug-likeness (QED) is 0.703. The highest BCUT2D eigenvalue weighted by atomic mass is 79.9. The molecule has 3 rings (SSSR count). The molecular formula is C17H24BrN3O3S. The first-order valence-corrected chi connectivity index (χ1v) is 11.0. The lowest BCUT2D eigenvalue weighted by Gasteiger charge is -2.17. The van der Waals surface area contributed by atoms with Crippen LogP contribution in [0.4, 0.5) is 5.69 Å². The summed E-state index contributed by atoms with van der Waals surface area (Å²) in [6, 6.07) is 3.42. The highest BCUT2D eigenvalue weighted by molar-refractivity contribution is 9.10. The minimum Gasteiger partial charge on any atom is -0.312 e. The maximum atomic E-state index is 12.7. The lowest BCUT2D eigenvalue weighted by Crippen LogP contribution is -2.29. The van der Waals surface area contributed by atoms with Gasteiger partial charge in [-0.3, -0.25) is 4.79 Å². The number of fused-ring (bicyclic) bond motifs is 1. The maximum Gasteiger partial charge on any atom is 0.241 e. The summed E-state index contributed by atoms with van der Waals surface area (Å²) in [7, 11) is -3.61. The van der Waals surface area contributed by atoms with Gasteiger partial charge in [0, 0.05) is 30.2 Å². The summed E-state index contributed by atoms with van der Waals surface area (Å²) in [5.74, 6) is -0.0667. The van der Waals surface area contributed by atoms with Crippen LogP contribution in [0.5, 0.6) is 0 Å². The van der Waals surface area contributed by atoms with E-state index in [9.17, 15) is 13.2 Å². The molecule has 6 nitrogen and oxygen atoms in total. The third-order valence-electron chi connectivity index (χ3n) is 4.84. The van der Waals surface area contributed by atoms with E-state index in [1.807, 2.05) is 6.07 Å². The largest absolute Gasteiger partial charge is 0.312 e. The smallest absolute Gasteiger partial charge is 0.241 e. The van der Waals surface area contributed by atoms with E-state index in [2.05, 4.69) is 25.6 Å². The van der Waals surface area contributed by atoms with Crippen molar-refractivity contribution in [1.29, 1.82) is 0 Å². The Labute approximate surface area is 157 Å². The number of nitrogens with zero attached hydrogens (tertiary/aromatic N) is 2. The fourth-order valence-corrected chi connectivity index (χ4v) is 5.70. The Morgan fingerprint density at radius 2 is 1.96 bits per heavy atom. The van der Waals surface area contributed by atoms with Gasteiger partial charge in [0.1, 0.15) is 0 Å². The van der Waals surface area contributed by atoms with Crippen molar-refractivity contribution in [1.82, 2.24) is 9.62 Å². The van der Waals surface area contributed by atoms with Crippen LogP contribution < -0.4 is 9.62 Å². The van der Waals surface area contributed by atoms with Gasteiger partial charge in [0.25, 0.3) is 0 Å². The van der Waals surface area contributed by atoms with E-state index in [1.54, 1.807) is 11.0 Å². The van der Waals surface area contributed by atoms with E-state index < -0.39 is 10.0 Å². The standard InChI is InChI=1S/C17H24BrN3O3S/c1-13(22)21-10-5-14-11-15(18)17(12-16(14)21)25(23,24)19-6-4-9-20-7-2-3-8-20/h11-12,19H,2-10H2,1H3. The molecule has 2 heterocycles. The average Bonchev–Trinajstić information content (AvgIpc) is 3.19. The molecule has 1 saturated heterocycles. The van der Waals surface area contributed by atoms with E-state index in [0.29, 0.717) is 23.2 Å².